The van der Waals surface area contributed by atoms with E-state index in [-0.39, 0.29) is 6.04 Å². The number of hydrogen-bond donors (Lipinski definition) is 0. The molecule has 1 saturated heterocycles. The Balaban J connectivity index is 2.23. The van der Waals surface area contributed by atoms with Gasteiger partial charge < -0.3 is 4.90 Å². The van der Waals surface area contributed by atoms with Crippen LogP contribution >= 0.6 is 0 Å². The zero-order valence-electron chi connectivity index (χ0n) is 11.4. The molecule has 1 heterocycles. The van der Waals surface area contributed by atoms with Crippen molar-refractivity contribution in [2.75, 3.05) is 25.0 Å². The minimum absolute atomic E-state index is 0.256. The summed E-state index contributed by atoms with van der Waals surface area (Å²) in [5, 5.41) is 17.9. The van der Waals surface area contributed by atoms with Crippen molar-refractivity contribution in [1.82, 2.24) is 4.90 Å². The first-order chi connectivity index (χ1) is 9.15. The quantitative estimate of drug-likeness (QED) is 0.809. The van der Waals surface area contributed by atoms with Crippen LogP contribution in [0.25, 0.3) is 0 Å². The van der Waals surface area contributed by atoms with E-state index in [1.807, 2.05) is 24.3 Å². The summed E-state index contributed by atoms with van der Waals surface area (Å²) in [5.41, 5.74) is 1.75. The average Bonchev–Trinajstić information content (AvgIpc) is 2.42. The number of nitriles is 2. The van der Waals surface area contributed by atoms with Gasteiger partial charge in [-0.2, -0.15) is 10.5 Å². The normalized spacial score (nSPS) is 23.7. The van der Waals surface area contributed by atoms with E-state index < -0.39 is 0 Å². The van der Waals surface area contributed by atoms with Crippen molar-refractivity contribution in [2.45, 2.75) is 25.4 Å². The van der Waals surface area contributed by atoms with Crippen LogP contribution in [0.5, 0.6) is 0 Å². The Labute approximate surface area is 114 Å². The van der Waals surface area contributed by atoms with E-state index in [4.69, 9.17) is 10.5 Å². The van der Waals surface area contributed by atoms with Crippen LogP contribution < -0.4 is 4.90 Å². The monoisotopic (exact) mass is 254 g/mol. The van der Waals surface area contributed by atoms with E-state index in [1.54, 1.807) is 0 Å². The minimum Gasteiger partial charge on any atom is -0.366 e. The molecule has 0 N–H and O–H groups in total. The summed E-state index contributed by atoms with van der Waals surface area (Å²) in [6, 6.07) is 12.8. The van der Waals surface area contributed by atoms with Crippen LogP contribution in [0.2, 0.25) is 0 Å². The van der Waals surface area contributed by atoms with E-state index in [0.717, 1.165) is 18.8 Å². The maximum atomic E-state index is 8.98. The van der Waals surface area contributed by atoms with Gasteiger partial charge in [-0.3, -0.25) is 4.90 Å². The Kier molecular flexibility index (Phi) is 4.04. The third-order valence-electron chi connectivity index (χ3n) is 3.75. The lowest BCUT2D eigenvalue weighted by Crippen LogP contribution is -2.56. The van der Waals surface area contributed by atoms with Gasteiger partial charge >= 0.3 is 0 Å². The number of benzene rings is 1. The molecule has 0 radical (unpaired) electrons. The molecule has 1 aromatic carbocycles. The van der Waals surface area contributed by atoms with Crippen molar-refractivity contribution in [1.29, 1.82) is 10.5 Å². The van der Waals surface area contributed by atoms with Crippen molar-refractivity contribution in [3.8, 4) is 12.1 Å². The molecule has 1 aromatic rings. The molecular weight excluding hydrogens is 236 g/mol. The molecule has 4 nitrogen and oxygen atoms in total. The van der Waals surface area contributed by atoms with Crippen LogP contribution in [0.3, 0.4) is 0 Å². The molecule has 19 heavy (non-hydrogen) atoms. The summed E-state index contributed by atoms with van der Waals surface area (Å²) in [7, 11) is 2.07. The highest BCUT2D eigenvalue weighted by Gasteiger charge is 2.29. The Morgan fingerprint density at radius 2 is 2.11 bits per heavy atom. The molecule has 1 aliphatic heterocycles. The first-order valence-corrected chi connectivity index (χ1v) is 6.49. The number of hydrogen-bond acceptors (Lipinski definition) is 4. The molecule has 2 atom stereocenters. The maximum Gasteiger partial charge on any atom is 0.0992 e. The van der Waals surface area contributed by atoms with Gasteiger partial charge in [-0.05, 0) is 32.2 Å². The number of nitrogens with zero attached hydrogens (tertiary/aromatic N) is 4. The van der Waals surface area contributed by atoms with Crippen LogP contribution in [0.4, 0.5) is 5.69 Å². The second-order valence-electron chi connectivity index (χ2n) is 5.12. The highest BCUT2D eigenvalue weighted by atomic mass is 15.3. The molecule has 98 valence electrons. The van der Waals surface area contributed by atoms with Gasteiger partial charge in [0, 0.05) is 30.9 Å². The van der Waals surface area contributed by atoms with Crippen molar-refractivity contribution in [2.24, 2.45) is 0 Å². The Morgan fingerprint density at radius 3 is 2.79 bits per heavy atom. The van der Waals surface area contributed by atoms with E-state index >= 15 is 0 Å². The predicted molar refractivity (Wildman–Crippen MR) is 74.6 cm³/mol. The molecule has 0 spiro atoms. The fourth-order valence-electron chi connectivity index (χ4n) is 2.65. The third-order valence-corrected chi connectivity index (χ3v) is 3.75. The lowest BCUT2D eigenvalue weighted by molar-refractivity contribution is 0.194. The average molecular weight is 254 g/mol. The summed E-state index contributed by atoms with van der Waals surface area (Å²) < 4.78 is 0. The minimum atomic E-state index is 0.256. The van der Waals surface area contributed by atoms with Gasteiger partial charge in [0.05, 0.1) is 24.1 Å². The van der Waals surface area contributed by atoms with Crippen LogP contribution in [0.1, 0.15) is 18.9 Å². The zero-order chi connectivity index (χ0) is 13.8. The molecule has 0 bridgehead atoms. The molecule has 0 amide bonds. The largest absolute Gasteiger partial charge is 0.366 e. The van der Waals surface area contributed by atoms with Gasteiger partial charge in [0.25, 0.3) is 0 Å². The smallest absolute Gasteiger partial charge is 0.0992 e. The Morgan fingerprint density at radius 1 is 1.32 bits per heavy atom. The van der Waals surface area contributed by atoms with Crippen molar-refractivity contribution in [3.05, 3.63) is 29.8 Å². The van der Waals surface area contributed by atoms with Crippen molar-refractivity contribution < 1.29 is 0 Å². The molecule has 1 fully saturated rings. The van der Waals surface area contributed by atoms with Gasteiger partial charge in [-0.1, -0.05) is 6.07 Å². The van der Waals surface area contributed by atoms with Crippen LogP contribution in [0.15, 0.2) is 24.3 Å². The second kappa shape index (κ2) is 5.73. The van der Waals surface area contributed by atoms with E-state index in [9.17, 15) is 0 Å². The SMILES string of the molecule is CC1CN(C)C(CC#N)CN1c1cccc(C#N)c1. The summed E-state index contributed by atoms with van der Waals surface area (Å²) in [5.74, 6) is 0. The number of likely N-dealkylation sites (N-methyl/N-ethyl adjacent to an activating group) is 1. The Bertz CT molecular complexity index is 526. The number of piperazine rings is 1. The Hall–Kier alpha value is -2.04. The van der Waals surface area contributed by atoms with Crippen molar-refractivity contribution >= 4 is 5.69 Å². The second-order valence-corrected chi connectivity index (χ2v) is 5.12. The highest BCUT2D eigenvalue weighted by Crippen LogP contribution is 2.24. The number of anilines is 1. The zero-order valence-corrected chi connectivity index (χ0v) is 11.4. The molecular formula is C15H18N4. The molecule has 0 aliphatic carbocycles. The third kappa shape index (κ3) is 2.86. The molecule has 4 heteroatoms. The maximum absolute atomic E-state index is 8.98. The van der Waals surface area contributed by atoms with E-state index in [0.29, 0.717) is 18.0 Å². The summed E-state index contributed by atoms with van der Waals surface area (Å²) in [6.45, 7) is 3.95. The number of rotatable bonds is 2. The summed E-state index contributed by atoms with van der Waals surface area (Å²) in [4.78, 5) is 4.54. The fraction of sp³-hybridized carbons (Fsp3) is 0.467. The van der Waals surface area contributed by atoms with Crippen LogP contribution in [-0.2, 0) is 0 Å². The molecule has 2 unspecified atom stereocenters. The first kappa shape index (κ1) is 13.4. The van der Waals surface area contributed by atoms with Gasteiger partial charge in [-0.25, -0.2) is 0 Å². The fourth-order valence-corrected chi connectivity index (χ4v) is 2.65. The molecule has 1 aliphatic rings. The van der Waals surface area contributed by atoms with Crippen LogP contribution in [-0.4, -0.2) is 37.1 Å². The van der Waals surface area contributed by atoms with Crippen LogP contribution in [0, 0.1) is 22.7 Å². The molecule has 2 rings (SSSR count). The lowest BCUT2D eigenvalue weighted by Gasteiger charge is -2.44. The van der Waals surface area contributed by atoms with E-state index in [1.165, 1.54) is 0 Å². The topological polar surface area (TPSA) is 54.1 Å². The van der Waals surface area contributed by atoms with Gasteiger partial charge in [-0.15, -0.1) is 0 Å². The van der Waals surface area contributed by atoms with Gasteiger partial charge in [0.1, 0.15) is 0 Å². The molecule has 0 aromatic heterocycles. The van der Waals surface area contributed by atoms with Gasteiger partial charge in [0.15, 0.2) is 0 Å². The lowest BCUT2D eigenvalue weighted by atomic mass is 10.0. The standard InChI is InChI=1S/C15H18N4/c1-12-10-18(2)15(6-7-16)11-19(12)14-5-3-4-13(8-14)9-17/h3-5,8,12,15H,6,10-11H2,1-2H3. The van der Waals surface area contributed by atoms with Gasteiger partial charge in [0.2, 0.25) is 0 Å². The van der Waals surface area contributed by atoms with Crippen molar-refractivity contribution in [3.63, 3.8) is 0 Å². The molecule has 0 saturated carbocycles. The summed E-state index contributed by atoms with van der Waals surface area (Å²) in [6.07, 6.45) is 0.539. The highest BCUT2D eigenvalue weighted by molar-refractivity contribution is 5.52. The summed E-state index contributed by atoms with van der Waals surface area (Å²) >= 11 is 0. The first-order valence-electron chi connectivity index (χ1n) is 6.49. The predicted octanol–water partition coefficient (Wildman–Crippen LogP) is 1.98. The van der Waals surface area contributed by atoms with E-state index in [2.05, 4.69) is 35.9 Å².